The lowest BCUT2D eigenvalue weighted by molar-refractivity contribution is -0.138. The molecule has 0 fully saturated rings. The first-order valence-corrected chi connectivity index (χ1v) is 6.78. The van der Waals surface area contributed by atoms with Gasteiger partial charge in [0.05, 0.1) is 17.2 Å². The number of rotatable bonds is 2. The highest BCUT2D eigenvalue weighted by molar-refractivity contribution is 6.44. The van der Waals surface area contributed by atoms with Crippen molar-refractivity contribution < 1.29 is 17.9 Å². The molecule has 7 heteroatoms. The van der Waals surface area contributed by atoms with Crippen molar-refractivity contribution >= 4 is 34.8 Å². The number of halogens is 6. The van der Waals surface area contributed by atoms with Gasteiger partial charge in [0, 0.05) is 10.6 Å². The van der Waals surface area contributed by atoms with Crippen LogP contribution in [0, 0.1) is 0 Å². The van der Waals surface area contributed by atoms with Crippen LogP contribution in [0.15, 0.2) is 30.3 Å². The van der Waals surface area contributed by atoms with Gasteiger partial charge < -0.3 is 4.74 Å². The second-order valence-electron chi connectivity index (χ2n) is 4.13. The van der Waals surface area contributed by atoms with Crippen molar-refractivity contribution in [3.63, 3.8) is 0 Å². The minimum Gasteiger partial charge on any atom is -0.496 e. The molecule has 0 spiro atoms. The number of methoxy groups -OCH3 is 1. The third-order valence-electron chi connectivity index (χ3n) is 2.83. The van der Waals surface area contributed by atoms with E-state index >= 15 is 0 Å². The summed E-state index contributed by atoms with van der Waals surface area (Å²) >= 11 is 17.7. The normalized spacial score (nSPS) is 11.6. The summed E-state index contributed by atoms with van der Waals surface area (Å²) in [5.41, 5.74) is -0.893. The van der Waals surface area contributed by atoms with E-state index in [1.165, 1.54) is 37.4 Å². The first kappa shape index (κ1) is 16.3. The molecule has 0 saturated heterocycles. The minimum atomic E-state index is -4.60. The van der Waals surface area contributed by atoms with Crippen LogP contribution in [-0.4, -0.2) is 7.11 Å². The predicted molar refractivity (Wildman–Crippen MR) is 78.5 cm³/mol. The van der Waals surface area contributed by atoms with Gasteiger partial charge in [0.25, 0.3) is 0 Å². The van der Waals surface area contributed by atoms with Crippen LogP contribution in [0.1, 0.15) is 5.56 Å². The summed E-state index contributed by atoms with van der Waals surface area (Å²) in [4.78, 5) is 0. The molecule has 0 aliphatic rings. The van der Waals surface area contributed by atoms with Crippen molar-refractivity contribution in [2.24, 2.45) is 0 Å². The van der Waals surface area contributed by atoms with Gasteiger partial charge in [0.2, 0.25) is 0 Å². The van der Waals surface area contributed by atoms with Gasteiger partial charge in [-0.15, -0.1) is 0 Å². The SMILES string of the molecule is COc1cccc(-c2cc(Cl)c(Cl)cc2Cl)c1C(F)(F)F. The van der Waals surface area contributed by atoms with Gasteiger partial charge in [0.15, 0.2) is 0 Å². The van der Waals surface area contributed by atoms with Crippen LogP contribution in [0.2, 0.25) is 15.1 Å². The molecule has 112 valence electrons. The molecule has 0 heterocycles. The van der Waals surface area contributed by atoms with Gasteiger partial charge in [-0.1, -0.05) is 46.9 Å². The zero-order chi connectivity index (χ0) is 15.8. The molecule has 21 heavy (non-hydrogen) atoms. The first-order chi connectivity index (χ1) is 9.75. The molecule has 0 aliphatic carbocycles. The molecule has 0 unspecified atom stereocenters. The molecule has 0 N–H and O–H groups in total. The quantitative estimate of drug-likeness (QED) is 0.571. The highest BCUT2D eigenvalue weighted by atomic mass is 35.5. The molecular weight excluding hydrogens is 348 g/mol. The van der Waals surface area contributed by atoms with Gasteiger partial charge >= 0.3 is 6.18 Å². The van der Waals surface area contributed by atoms with Crippen LogP contribution in [0.4, 0.5) is 13.2 Å². The van der Waals surface area contributed by atoms with Crippen LogP contribution in [-0.2, 0) is 6.18 Å². The summed E-state index contributed by atoms with van der Waals surface area (Å²) in [6.45, 7) is 0. The lowest BCUT2D eigenvalue weighted by Crippen LogP contribution is -2.09. The zero-order valence-electron chi connectivity index (χ0n) is 10.6. The van der Waals surface area contributed by atoms with E-state index in [0.29, 0.717) is 0 Å². The second-order valence-corrected chi connectivity index (χ2v) is 5.35. The van der Waals surface area contributed by atoms with Crippen LogP contribution in [0.5, 0.6) is 5.75 Å². The Bertz CT molecular complexity index is 684. The highest BCUT2D eigenvalue weighted by Crippen LogP contribution is 2.45. The van der Waals surface area contributed by atoms with Crippen molar-refractivity contribution in [2.45, 2.75) is 6.18 Å². The van der Waals surface area contributed by atoms with Crippen LogP contribution < -0.4 is 4.74 Å². The molecule has 0 saturated carbocycles. The number of alkyl halides is 3. The average molecular weight is 356 g/mol. The lowest BCUT2D eigenvalue weighted by atomic mass is 9.98. The van der Waals surface area contributed by atoms with Crippen molar-refractivity contribution in [3.05, 3.63) is 51.0 Å². The number of benzene rings is 2. The Morgan fingerprint density at radius 3 is 2.10 bits per heavy atom. The minimum absolute atomic E-state index is 0.0724. The molecule has 2 aromatic carbocycles. The summed E-state index contributed by atoms with van der Waals surface area (Å²) in [6.07, 6.45) is -4.60. The first-order valence-electron chi connectivity index (χ1n) is 5.64. The fraction of sp³-hybridized carbons (Fsp3) is 0.143. The maximum absolute atomic E-state index is 13.3. The summed E-state index contributed by atoms with van der Waals surface area (Å²) < 4.78 is 44.7. The molecule has 0 aliphatic heterocycles. The molecule has 0 atom stereocenters. The van der Waals surface area contributed by atoms with Crippen LogP contribution in [0.3, 0.4) is 0 Å². The average Bonchev–Trinajstić information content (AvgIpc) is 2.41. The van der Waals surface area contributed by atoms with Crippen LogP contribution in [0.25, 0.3) is 11.1 Å². The number of ether oxygens (including phenoxy) is 1. The molecule has 2 aromatic rings. The van der Waals surface area contributed by atoms with E-state index in [1.807, 2.05) is 0 Å². The van der Waals surface area contributed by atoms with Crippen molar-refractivity contribution in [1.82, 2.24) is 0 Å². The fourth-order valence-corrected chi connectivity index (χ4v) is 2.60. The van der Waals surface area contributed by atoms with Crippen LogP contribution >= 0.6 is 34.8 Å². The summed E-state index contributed by atoms with van der Waals surface area (Å²) in [5.74, 6) is -0.290. The second kappa shape index (κ2) is 5.95. The maximum atomic E-state index is 13.3. The predicted octanol–water partition coefficient (Wildman–Crippen LogP) is 6.34. The zero-order valence-corrected chi connectivity index (χ0v) is 12.8. The van der Waals surface area contributed by atoms with Crippen molar-refractivity contribution in [3.8, 4) is 16.9 Å². The summed E-state index contributed by atoms with van der Waals surface area (Å²) in [5, 5.41) is 0.358. The summed E-state index contributed by atoms with van der Waals surface area (Å²) in [7, 11) is 1.17. The van der Waals surface area contributed by atoms with E-state index in [9.17, 15) is 13.2 Å². The monoisotopic (exact) mass is 354 g/mol. The highest BCUT2D eigenvalue weighted by Gasteiger charge is 2.37. The Morgan fingerprint density at radius 2 is 1.52 bits per heavy atom. The Morgan fingerprint density at radius 1 is 0.905 bits per heavy atom. The molecule has 1 nitrogen and oxygen atoms in total. The Balaban J connectivity index is 2.79. The Kier molecular flexibility index (Phi) is 4.61. The third kappa shape index (κ3) is 3.23. The van der Waals surface area contributed by atoms with Gasteiger partial charge in [0.1, 0.15) is 11.3 Å². The standard InChI is InChI=1S/C14H8Cl3F3O/c1-21-12-4-2-3-7(13(12)14(18,19)20)8-5-10(16)11(17)6-9(8)15/h2-6H,1H3. The number of hydrogen-bond donors (Lipinski definition) is 0. The Labute approximate surface area is 134 Å². The third-order valence-corrected chi connectivity index (χ3v) is 3.86. The van der Waals surface area contributed by atoms with E-state index in [1.54, 1.807) is 0 Å². The van der Waals surface area contributed by atoms with E-state index in [0.717, 1.165) is 0 Å². The maximum Gasteiger partial charge on any atom is 0.420 e. The smallest absolute Gasteiger partial charge is 0.420 e. The molecule has 0 radical (unpaired) electrons. The largest absolute Gasteiger partial charge is 0.496 e. The Hall–Kier alpha value is -1.10. The van der Waals surface area contributed by atoms with E-state index < -0.39 is 11.7 Å². The van der Waals surface area contributed by atoms with E-state index in [2.05, 4.69) is 0 Å². The van der Waals surface area contributed by atoms with Gasteiger partial charge in [-0.05, 0) is 23.8 Å². The van der Waals surface area contributed by atoms with E-state index in [4.69, 9.17) is 39.5 Å². The molecule has 0 aromatic heterocycles. The summed E-state index contributed by atoms with van der Waals surface area (Å²) in [6, 6.07) is 6.59. The van der Waals surface area contributed by atoms with Crippen molar-refractivity contribution in [1.29, 1.82) is 0 Å². The fourth-order valence-electron chi connectivity index (χ4n) is 1.95. The van der Waals surface area contributed by atoms with Gasteiger partial charge in [-0.3, -0.25) is 0 Å². The molecular formula is C14H8Cl3F3O. The molecule has 0 bridgehead atoms. The lowest BCUT2D eigenvalue weighted by Gasteiger charge is -2.17. The van der Waals surface area contributed by atoms with E-state index in [-0.39, 0.29) is 31.9 Å². The van der Waals surface area contributed by atoms with Crippen molar-refractivity contribution in [2.75, 3.05) is 7.11 Å². The molecule has 2 rings (SSSR count). The molecule has 0 amide bonds. The van der Waals surface area contributed by atoms with Gasteiger partial charge in [-0.25, -0.2) is 0 Å². The number of hydrogen-bond acceptors (Lipinski definition) is 1. The van der Waals surface area contributed by atoms with Gasteiger partial charge in [-0.2, -0.15) is 13.2 Å². The topological polar surface area (TPSA) is 9.23 Å².